The molecule has 56 valence electrons. The molecule has 2 nitrogen and oxygen atoms in total. The Balaban J connectivity index is 2.75. The molecule has 0 unspecified atom stereocenters. The van der Waals surface area contributed by atoms with Crippen LogP contribution >= 0.6 is 0 Å². The molecule has 0 fully saturated rings. The average Bonchev–Trinajstić information content (AvgIpc) is 1.80. The molecule has 0 heterocycles. The number of alkyl halides is 2. The second kappa shape index (κ2) is 5.91. The van der Waals surface area contributed by atoms with Crippen LogP contribution in [0.5, 0.6) is 0 Å². The number of hydrogen-bond donors (Lipinski definition) is 1. The SMILES string of the molecule is [CH2-][NH2+]CCOCC(F)F. The van der Waals surface area contributed by atoms with Crippen LogP contribution in [0.25, 0.3) is 0 Å². The van der Waals surface area contributed by atoms with E-state index in [9.17, 15) is 8.78 Å². The third kappa shape index (κ3) is 7.78. The van der Waals surface area contributed by atoms with Crippen LogP contribution in [0, 0.1) is 7.05 Å². The monoisotopic (exact) mass is 139 g/mol. The normalized spacial score (nSPS) is 10.7. The summed E-state index contributed by atoms with van der Waals surface area (Å²) in [5.74, 6) is 0. The molecule has 0 aromatic rings. The molecule has 2 N–H and O–H groups in total. The third-order valence-corrected chi connectivity index (χ3v) is 0.710. The van der Waals surface area contributed by atoms with Gasteiger partial charge in [-0.05, 0) is 0 Å². The Morgan fingerprint density at radius 1 is 1.56 bits per heavy atom. The molecule has 0 aliphatic rings. The molecule has 0 spiro atoms. The van der Waals surface area contributed by atoms with Crippen molar-refractivity contribution in [2.45, 2.75) is 6.43 Å². The van der Waals surface area contributed by atoms with Crippen LogP contribution in [0.3, 0.4) is 0 Å². The lowest BCUT2D eigenvalue weighted by molar-refractivity contribution is -0.597. The third-order valence-electron chi connectivity index (χ3n) is 0.710. The summed E-state index contributed by atoms with van der Waals surface area (Å²) in [6, 6.07) is 0. The van der Waals surface area contributed by atoms with Gasteiger partial charge >= 0.3 is 0 Å². The lowest BCUT2D eigenvalue weighted by Gasteiger charge is -2.01. The first-order valence-electron chi connectivity index (χ1n) is 2.74. The lowest BCUT2D eigenvalue weighted by atomic mass is 10.7. The topological polar surface area (TPSA) is 25.8 Å². The molecule has 4 heteroatoms. The largest absolute Gasteiger partial charge is 0.477 e. The first-order valence-corrected chi connectivity index (χ1v) is 2.74. The van der Waals surface area contributed by atoms with Crippen molar-refractivity contribution >= 4 is 0 Å². The molecule has 0 atom stereocenters. The van der Waals surface area contributed by atoms with Crippen molar-refractivity contribution in [3.05, 3.63) is 7.05 Å². The smallest absolute Gasteiger partial charge is 0.261 e. The van der Waals surface area contributed by atoms with Crippen LogP contribution in [0.1, 0.15) is 0 Å². The van der Waals surface area contributed by atoms with Gasteiger partial charge in [-0.15, -0.1) is 0 Å². The van der Waals surface area contributed by atoms with Crippen LogP contribution in [0.4, 0.5) is 8.78 Å². The van der Waals surface area contributed by atoms with Crippen LogP contribution in [-0.4, -0.2) is 26.2 Å². The van der Waals surface area contributed by atoms with Crippen molar-refractivity contribution in [2.75, 3.05) is 19.8 Å². The Labute approximate surface area is 53.2 Å². The second-order valence-corrected chi connectivity index (χ2v) is 1.54. The highest BCUT2D eigenvalue weighted by atomic mass is 19.3. The number of halogens is 2. The zero-order chi connectivity index (χ0) is 7.11. The summed E-state index contributed by atoms with van der Waals surface area (Å²) in [6.45, 7) is 0.508. The number of ether oxygens (including phenoxy) is 1. The maximum Gasteiger partial charge on any atom is 0.261 e. The minimum Gasteiger partial charge on any atom is -0.477 e. The Hall–Kier alpha value is -0.220. The average molecular weight is 139 g/mol. The highest BCUT2D eigenvalue weighted by Crippen LogP contribution is 1.90. The first-order chi connectivity index (χ1) is 4.27. The van der Waals surface area contributed by atoms with Crippen molar-refractivity contribution < 1.29 is 18.8 Å². The van der Waals surface area contributed by atoms with Gasteiger partial charge in [0.15, 0.2) is 0 Å². The molecule has 0 bridgehead atoms. The quantitative estimate of drug-likeness (QED) is 0.408. The van der Waals surface area contributed by atoms with Crippen LogP contribution in [0.2, 0.25) is 0 Å². The van der Waals surface area contributed by atoms with E-state index in [1.54, 1.807) is 5.32 Å². The van der Waals surface area contributed by atoms with Crippen molar-refractivity contribution in [1.29, 1.82) is 0 Å². The first kappa shape index (κ1) is 8.78. The molecule has 0 aromatic carbocycles. The maximum absolute atomic E-state index is 11.3. The highest BCUT2D eigenvalue weighted by Gasteiger charge is 1.99. The molecule has 0 saturated heterocycles. The number of rotatable bonds is 5. The Kier molecular flexibility index (Phi) is 5.76. The summed E-state index contributed by atoms with van der Waals surface area (Å²) in [5, 5.41) is 1.63. The number of nitrogens with two attached hydrogens (primary N) is 1. The predicted octanol–water partition coefficient (Wildman–Crippen LogP) is -0.377. The maximum atomic E-state index is 11.3. The Morgan fingerprint density at radius 3 is 2.67 bits per heavy atom. The van der Waals surface area contributed by atoms with Gasteiger partial charge in [-0.25, -0.2) is 8.78 Å². The van der Waals surface area contributed by atoms with E-state index in [4.69, 9.17) is 0 Å². The van der Waals surface area contributed by atoms with E-state index in [2.05, 4.69) is 11.8 Å². The highest BCUT2D eigenvalue weighted by molar-refractivity contribution is 4.32. The van der Waals surface area contributed by atoms with Gasteiger partial charge in [-0.2, -0.15) is 7.05 Å². The van der Waals surface area contributed by atoms with Crippen LogP contribution < -0.4 is 5.32 Å². The number of hydrogen-bond acceptors (Lipinski definition) is 1. The summed E-state index contributed by atoms with van der Waals surface area (Å²) in [6.07, 6.45) is -2.35. The summed E-state index contributed by atoms with van der Waals surface area (Å²) in [7, 11) is 3.41. The molecule has 0 amide bonds. The van der Waals surface area contributed by atoms with Crippen molar-refractivity contribution in [3.63, 3.8) is 0 Å². The summed E-state index contributed by atoms with van der Waals surface area (Å²) in [4.78, 5) is 0. The van der Waals surface area contributed by atoms with Gasteiger partial charge in [0.2, 0.25) is 0 Å². The van der Waals surface area contributed by atoms with E-state index in [0.29, 0.717) is 13.2 Å². The van der Waals surface area contributed by atoms with Gasteiger partial charge in [0.05, 0.1) is 13.2 Å². The van der Waals surface area contributed by atoms with Gasteiger partial charge < -0.3 is 10.1 Å². The van der Waals surface area contributed by atoms with E-state index in [1.165, 1.54) is 0 Å². The fourth-order valence-electron chi connectivity index (χ4n) is 0.339. The Bertz CT molecular complexity index is 60.9. The fraction of sp³-hybridized carbons (Fsp3) is 0.800. The fourth-order valence-corrected chi connectivity index (χ4v) is 0.339. The van der Waals surface area contributed by atoms with Crippen molar-refractivity contribution in [1.82, 2.24) is 0 Å². The van der Waals surface area contributed by atoms with Gasteiger partial charge in [0.1, 0.15) is 6.61 Å². The molecule has 0 radical (unpaired) electrons. The lowest BCUT2D eigenvalue weighted by Crippen LogP contribution is -2.78. The molecule has 0 aliphatic heterocycles. The van der Waals surface area contributed by atoms with Gasteiger partial charge in [0.25, 0.3) is 6.43 Å². The molecule has 0 saturated carbocycles. The van der Waals surface area contributed by atoms with Crippen molar-refractivity contribution in [3.8, 4) is 0 Å². The minimum absolute atomic E-state index is 0.341. The standard InChI is InChI=1S/C5H11F2NO/c1-8-2-3-9-4-5(6)7/h5H,1-4,8H2. The molecule has 0 aromatic heterocycles. The van der Waals surface area contributed by atoms with Crippen LogP contribution in [-0.2, 0) is 4.74 Å². The van der Waals surface area contributed by atoms with Gasteiger partial charge in [0, 0.05) is 0 Å². The predicted molar refractivity (Wildman–Crippen MR) is 29.0 cm³/mol. The van der Waals surface area contributed by atoms with E-state index >= 15 is 0 Å². The molecule has 9 heavy (non-hydrogen) atoms. The van der Waals surface area contributed by atoms with Crippen LogP contribution in [0.15, 0.2) is 0 Å². The van der Waals surface area contributed by atoms with Crippen molar-refractivity contribution in [2.24, 2.45) is 0 Å². The second-order valence-electron chi connectivity index (χ2n) is 1.54. The van der Waals surface area contributed by atoms with E-state index < -0.39 is 13.0 Å². The molecule has 0 aliphatic carbocycles. The minimum atomic E-state index is -2.35. The molecule has 0 rings (SSSR count). The summed E-state index contributed by atoms with van der Waals surface area (Å²) in [5.41, 5.74) is 0. The number of quaternary nitrogens is 1. The molecular weight excluding hydrogens is 128 g/mol. The zero-order valence-corrected chi connectivity index (χ0v) is 5.15. The van der Waals surface area contributed by atoms with Gasteiger partial charge in [-0.3, -0.25) is 0 Å². The Morgan fingerprint density at radius 2 is 2.22 bits per heavy atom. The zero-order valence-electron chi connectivity index (χ0n) is 5.15. The summed E-state index contributed by atoms with van der Waals surface area (Å²) >= 11 is 0. The van der Waals surface area contributed by atoms with E-state index in [-0.39, 0.29) is 0 Å². The molecular formula is C5H11F2NO. The van der Waals surface area contributed by atoms with E-state index in [0.717, 1.165) is 0 Å². The summed E-state index contributed by atoms with van der Waals surface area (Å²) < 4.78 is 27.1. The van der Waals surface area contributed by atoms with E-state index in [1.807, 2.05) is 0 Å². The van der Waals surface area contributed by atoms with Gasteiger partial charge in [-0.1, -0.05) is 0 Å².